The van der Waals surface area contributed by atoms with Gasteiger partial charge in [-0.15, -0.1) is 0 Å². The molecule has 5 nitrogen and oxygen atoms in total. The smallest absolute Gasteiger partial charge is 0.231 e. The molecule has 3 atom stereocenters. The lowest BCUT2D eigenvalue weighted by Gasteiger charge is -2.36. The summed E-state index contributed by atoms with van der Waals surface area (Å²) in [6, 6.07) is 11.4. The molecule has 2 heterocycles. The van der Waals surface area contributed by atoms with E-state index in [0.717, 1.165) is 36.2 Å². The van der Waals surface area contributed by atoms with Gasteiger partial charge in [-0.25, -0.2) is 0 Å². The molecule has 154 valence electrons. The molecule has 2 aliphatic rings. The summed E-state index contributed by atoms with van der Waals surface area (Å²) in [6.07, 6.45) is 1.48. The van der Waals surface area contributed by atoms with Crippen molar-refractivity contribution in [3.05, 3.63) is 53.1 Å². The van der Waals surface area contributed by atoms with Gasteiger partial charge in [-0.2, -0.15) is 0 Å². The van der Waals surface area contributed by atoms with Gasteiger partial charge < -0.3 is 19.5 Å². The first kappa shape index (κ1) is 19.6. The number of hydrogen-bond acceptors (Lipinski definition) is 4. The average molecular weight is 395 g/mol. The van der Waals surface area contributed by atoms with Crippen LogP contribution in [0.15, 0.2) is 36.4 Å². The van der Waals surface area contributed by atoms with E-state index in [2.05, 4.69) is 13.8 Å². The number of rotatable bonds is 4. The van der Waals surface area contributed by atoms with Crippen molar-refractivity contribution in [1.82, 2.24) is 4.90 Å². The van der Waals surface area contributed by atoms with E-state index in [1.165, 1.54) is 0 Å². The first-order valence-electron chi connectivity index (χ1n) is 10.4. The van der Waals surface area contributed by atoms with Crippen molar-refractivity contribution in [1.29, 1.82) is 0 Å². The van der Waals surface area contributed by atoms with E-state index in [1.807, 2.05) is 42.2 Å². The highest BCUT2D eigenvalue weighted by Crippen LogP contribution is 2.40. The summed E-state index contributed by atoms with van der Waals surface area (Å²) in [5, 5.41) is 10.6. The topological polar surface area (TPSA) is 59.0 Å². The van der Waals surface area contributed by atoms with Crippen molar-refractivity contribution in [2.75, 3.05) is 19.9 Å². The number of hydrogen-bond donors (Lipinski definition) is 1. The number of amides is 1. The summed E-state index contributed by atoms with van der Waals surface area (Å²) in [4.78, 5) is 15.2. The summed E-state index contributed by atoms with van der Waals surface area (Å²) >= 11 is 0. The minimum atomic E-state index is -0.245. The molecule has 0 spiro atoms. The fraction of sp³-hybridized carbons (Fsp3) is 0.458. The molecular weight excluding hydrogens is 366 g/mol. The highest BCUT2D eigenvalue weighted by Gasteiger charge is 2.29. The number of piperidine rings is 1. The average Bonchev–Trinajstić information content (AvgIpc) is 3.13. The van der Waals surface area contributed by atoms with Crippen molar-refractivity contribution in [2.45, 2.75) is 39.5 Å². The molecule has 5 heteroatoms. The molecule has 1 N–H and O–H groups in total. The zero-order valence-electron chi connectivity index (χ0n) is 17.4. The van der Waals surface area contributed by atoms with Gasteiger partial charge >= 0.3 is 0 Å². The molecule has 4 rings (SSSR count). The molecule has 0 aromatic heterocycles. The Kier molecular flexibility index (Phi) is 5.39. The van der Waals surface area contributed by atoms with Crippen LogP contribution in [0.3, 0.4) is 0 Å². The molecule has 0 saturated carbocycles. The third kappa shape index (κ3) is 4.19. The number of phenolic OH excluding ortho intramolecular Hbond substituents is 1. The van der Waals surface area contributed by atoms with Crippen molar-refractivity contribution in [3.63, 3.8) is 0 Å². The highest BCUT2D eigenvalue weighted by atomic mass is 16.7. The number of aromatic hydroxyl groups is 1. The van der Waals surface area contributed by atoms with Gasteiger partial charge in [-0.1, -0.05) is 32.0 Å². The molecule has 29 heavy (non-hydrogen) atoms. The lowest BCUT2D eigenvalue weighted by Crippen LogP contribution is -2.43. The van der Waals surface area contributed by atoms with E-state index in [1.54, 1.807) is 6.07 Å². The van der Waals surface area contributed by atoms with Crippen LogP contribution in [-0.2, 0) is 4.79 Å². The van der Waals surface area contributed by atoms with Gasteiger partial charge in [0, 0.05) is 31.0 Å². The van der Waals surface area contributed by atoms with Crippen LogP contribution < -0.4 is 9.47 Å². The van der Waals surface area contributed by atoms with E-state index >= 15 is 0 Å². The Morgan fingerprint density at radius 2 is 1.83 bits per heavy atom. The van der Waals surface area contributed by atoms with Crippen LogP contribution >= 0.6 is 0 Å². The Bertz CT molecular complexity index is 900. The molecule has 3 unspecified atom stereocenters. The molecule has 1 fully saturated rings. The fourth-order valence-electron chi connectivity index (χ4n) is 4.66. The minimum Gasteiger partial charge on any atom is -0.508 e. The second-order valence-corrected chi connectivity index (χ2v) is 8.68. The Morgan fingerprint density at radius 3 is 2.55 bits per heavy atom. The molecule has 0 aliphatic carbocycles. The first-order chi connectivity index (χ1) is 13.9. The maximum Gasteiger partial charge on any atom is 0.231 e. The van der Waals surface area contributed by atoms with E-state index in [0.29, 0.717) is 29.8 Å². The van der Waals surface area contributed by atoms with Gasteiger partial charge in [0.25, 0.3) is 0 Å². The van der Waals surface area contributed by atoms with Gasteiger partial charge in [-0.3, -0.25) is 4.79 Å². The van der Waals surface area contributed by atoms with E-state index in [4.69, 9.17) is 9.47 Å². The minimum absolute atomic E-state index is 0.131. The summed E-state index contributed by atoms with van der Waals surface area (Å²) < 4.78 is 11.0. The summed E-state index contributed by atoms with van der Waals surface area (Å²) in [7, 11) is 0. The molecule has 2 aromatic rings. The number of fused-ring (bicyclic) bond motifs is 1. The van der Waals surface area contributed by atoms with Crippen LogP contribution in [0.1, 0.15) is 49.3 Å². The van der Waals surface area contributed by atoms with Crippen molar-refractivity contribution in [2.24, 2.45) is 11.8 Å². The number of ether oxygens (including phenoxy) is 2. The number of carbonyl (C=O) groups excluding carboxylic acids is 1. The third-order valence-corrected chi connectivity index (χ3v) is 5.96. The Hall–Kier alpha value is -2.69. The monoisotopic (exact) mass is 395 g/mol. The Labute approximate surface area is 172 Å². The zero-order valence-corrected chi connectivity index (χ0v) is 17.4. The molecular formula is C24H29NO4. The second-order valence-electron chi connectivity index (χ2n) is 8.68. The Morgan fingerprint density at radius 1 is 1.10 bits per heavy atom. The lowest BCUT2D eigenvalue weighted by atomic mass is 9.85. The van der Waals surface area contributed by atoms with Crippen LogP contribution in [0, 0.1) is 18.8 Å². The summed E-state index contributed by atoms with van der Waals surface area (Å²) in [5.41, 5.74) is 2.70. The Balaban J connectivity index is 1.66. The van der Waals surface area contributed by atoms with Gasteiger partial charge in [0.15, 0.2) is 11.5 Å². The third-order valence-electron chi connectivity index (χ3n) is 5.96. The number of aryl methyl sites for hydroxylation is 1. The summed E-state index contributed by atoms with van der Waals surface area (Å²) in [6.45, 7) is 8.17. The normalized spacial score (nSPS) is 21.8. The molecule has 1 saturated heterocycles. The van der Waals surface area contributed by atoms with Gasteiger partial charge in [0.05, 0.1) is 0 Å². The number of phenols is 1. The molecule has 2 aromatic carbocycles. The van der Waals surface area contributed by atoms with Crippen molar-refractivity contribution >= 4 is 5.91 Å². The van der Waals surface area contributed by atoms with Crippen LogP contribution in [0.5, 0.6) is 17.2 Å². The molecule has 0 radical (unpaired) electrons. The number of carbonyl (C=O) groups is 1. The molecule has 2 aliphatic heterocycles. The fourth-order valence-corrected chi connectivity index (χ4v) is 4.66. The molecule has 0 bridgehead atoms. The molecule has 1 amide bonds. The van der Waals surface area contributed by atoms with E-state index < -0.39 is 0 Å². The van der Waals surface area contributed by atoms with Crippen LogP contribution in [0.25, 0.3) is 0 Å². The quantitative estimate of drug-likeness (QED) is 0.831. The number of nitrogens with zero attached hydrogens (tertiary/aromatic N) is 1. The second kappa shape index (κ2) is 7.97. The van der Waals surface area contributed by atoms with Gasteiger partial charge in [0.2, 0.25) is 12.7 Å². The first-order valence-corrected chi connectivity index (χ1v) is 10.4. The lowest BCUT2D eigenvalue weighted by molar-refractivity contribution is -0.134. The predicted molar refractivity (Wildman–Crippen MR) is 111 cm³/mol. The van der Waals surface area contributed by atoms with Gasteiger partial charge in [0.1, 0.15) is 5.75 Å². The predicted octanol–water partition coefficient (Wildman–Crippen LogP) is 4.46. The van der Waals surface area contributed by atoms with Crippen LogP contribution in [0.4, 0.5) is 0 Å². The SMILES string of the molecule is Cc1ccc(C(CC(=O)N2CC(C)CC(C)C2)c2ccc3c(c2)OCO3)c(O)c1. The zero-order chi connectivity index (χ0) is 20.5. The standard InChI is InChI=1S/C24H29NO4/c1-15-4-6-19(21(26)9-15)20(18-5-7-22-23(10-18)29-14-28-22)11-24(27)25-12-16(2)8-17(3)13-25/h4-7,9-10,16-17,20,26H,8,11-14H2,1-3H3. The largest absolute Gasteiger partial charge is 0.508 e. The van der Waals surface area contributed by atoms with E-state index in [9.17, 15) is 9.90 Å². The maximum atomic E-state index is 13.2. The van der Waals surface area contributed by atoms with Crippen molar-refractivity contribution < 1.29 is 19.4 Å². The van der Waals surface area contributed by atoms with E-state index in [-0.39, 0.29) is 24.4 Å². The van der Waals surface area contributed by atoms with Crippen LogP contribution in [0.2, 0.25) is 0 Å². The van der Waals surface area contributed by atoms with Crippen LogP contribution in [-0.4, -0.2) is 35.8 Å². The maximum absolute atomic E-state index is 13.2. The van der Waals surface area contributed by atoms with Gasteiger partial charge in [-0.05, 0) is 54.5 Å². The number of likely N-dealkylation sites (tertiary alicyclic amines) is 1. The number of benzene rings is 2. The highest BCUT2D eigenvalue weighted by molar-refractivity contribution is 5.78. The summed E-state index contributed by atoms with van der Waals surface area (Å²) in [5.74, 6) is 2.54. The van der Waals surface area contributed by atoms with Crippen molar-refractivity contribution in [3.8, 4) is 17.2 Å².